The van der Waals surface area contributed by atoms with E-state index in [1.807, 2.05) is 7.11 Å². The summed E-state index contributed by atoms with van der Waals surface area (Å²) in [5.74, 6) is 0. The van der Waals surface area contributed by atoms with Crippen molar-refractivity contribution in [3.05, 3.63) is 0 Å². The molecule has 16 heavy (non-hydrogen) atoms. The van der Waals surface area contributed by atoms with E-state index in [4.69, 9.17) is 14.2 Å². The first-order chi connectivity index (χ1) is 7.76. The maximum atomic E-state index is 5.69. The van der Waals surface area contributed by atoms with Crippen molar-refractivity contribution < 1.29 is 14.2 Å². The molecule has 2 unspecified atom stereocenters. The van der Waals surface area contributed by atoms with Crippen molar-refractivity contribution in [1.82, 2.24) is 5.32 Å². The van der Waals surface area contributed by atoms with Gasteiger partial charge in [-0.25, -0.2) is 0 Å². The molecule has 2 heterocycles. The molecule has 2 aliphatic rings. The molecule has 2 fully saturated rings. The molecule has 2 saturated heterocycles. The first kappa shape index (κ1) is 12.3. The van der Waals surface area contributed by atoms with Crippen LogP contribution in [0.25, 0.3) is 0 Å². The number of methoxy groups -OCH3 is 1. The molecule has 0 aliphatic carbocycles. The zero-order chi connectivity index (χ0) is 11.4. The quantitative estimate of drug-likeness (QED) is 0.779. The average Bonchev–Trinajstić information content (AvgIpc) is 2.74. The van der Waals surface area contributed by atoms with Crippen LogP contribution in [0.4, 0.5) is 0 Å². The van der Waals surface area contributed by atoms with Crippen LogP contribution in [0, 0.1) is 0 Å². The van der Waals surface area contributed by atoms with Gasteiger partial charge in [0.25, 0.3) is 0 Å². The van der Waals surface area contributed by atoms with Gasteiger partial charge >= 0.3 is 0 Å². The van der Waals surface area contributed by atoms with E-state index in [9.17, 15) is 0 Å². The molecule has 2 rings (SSSR count). The highest BCUT2D eigenvalue weighted by Gasteiger charge is 2.34. The summed E-state index contributed by atoms with van der Waals surface area (Å²) in [5, 5.41) is 3.59. The predicted octanol–water partition coefficient (Wildman–Crippen LogP) is 0.949. The van der Waals surface area contributed by atoms with Crippen LogP contribution < -0.4 is 5.32 Å². The molecule has 0 saturated carbocycles. The Morgan fingerprint density at radius 2 is 2.06 bits per heavy atom. The Kier molecular flexibility index (Phi) is 4.19. The van der Waals surface area contributed by atoms with Crippen LogP contribution in [0.15, 0.2) is 0 Å². The molecule has 2 aliphatic heterocycles. The van der Waals surface area contributed by atoms with Gasteiger partial charge in [-0.15, -0.1) is 0 Å². The molecule has 94 valence electrons. The second-order valence-corrected chi connectivity index (χ2v) is 4.85. The summed E-state index contributed by atoms with van der Waals surface area (Å²) in [5.41, 5.74) is -0.0272. The Balaban J connectivity index is 1.82. The van der Waals surface area contributed by atoms with Crippen molar-refractivity contribution in [3.63, 3.8) is 0 Å². The van der Waals surface area contributed by atoms with Crippen LogP contribution in [0.2, 0.25) is 0 Å². The van der Waals surface area contributed by atoms with Crippen LogP contribution in [0.5, 0.6) is 0 Å². The summed E-state index contributed by atoms with van der Waals surface area (Å²) in [4.78, 5) is 0. The van der Waals surface area contributed by atoms with Gasteiger partial charge in [0, 0.05) is 52.4 Å². The lowest BCUT2D eigenvalue weighted by Crippen LogP contribution is -2.50. The second kappa shape index (κ2) is 5.45. The van der Waals surface area contributed by atoms with E-state index in [-0.39, 0.29) is 5.60 Å². The third kappa shape index (κ3) is 2.74. The van der Waals surface area contributed by atoms with E-state index >= 15 is 0 Å². The molecule has 4 nitrogen and oxygen atoms in total. The van der Waals surface area contributed by atoms with Gasteiger partial charge in [0.2, 0.25) is 0 Å². The van der Waals surface area contributed by atoms with Gasteiger partial charge in [0.05, 0.1) is 11.7 Å². The van der Waals surface area contributed by atoms with Crippen LogP contribution in [0.3, 0.4) is 0 Å². The molecule has 0 bridgehead atoms. The first-order valence-corrected chi connectivity index (χ1v) is 6.24. The number of rotatable bonds is 4. The Morgan fingerprint density at radius 3 is 2.62 bits per heavy atom. The SMILES string of the molecule is COC1(CNC2CCOC2C)CCOCC1. The Labute approximate surface area is 97.6 Å². The molecular formula is C12H23NO3. The maximum Gasteiger partial charge on any atom is 0.0846 e. The molecule has 0 amide bonds. The summed E-state index contributed by atoms with van der Waals surface area (Å²) in [6.45, 7) is 5.54. The van der Waals surface area contributed by atoms with E-state index in [0.29, 0.717) is 12.1 Å². The van der Waals surface area contributed by atoms with Gasteiger partial charge in [-0.2, -0.15) is 0 Å². The van der Waals surface area contributed by atoms with E-state index in [1.165, 1.54) is 0 Å². The third-order valence-electron chi connectivity index (χ3n) is 3.90. The molecule has 0 aromatic rings. The smallest absolute Gasteiger partial charge is 0.0846 e. The number of hydrogen-bond acceptors (Lipinski definition) is 4. The summed E-state index contributed by atoms with van der Waals surface area (Å²) in [6.07, 6.45) is 3.41. The van der Waals surface area contributed by atoms with Gasteiger partial charge in [0.1, 0.15) is 0 Å². The topological polar surface area (TPSA) is 39.7 Å². The summed E-state index contributed by atoms with van der Waals surface area (Å²) < 4.78 is 16.6. The monoisotopic (exact) mass is 229 g/mol. The molecule has 2 atom stereocenters. The first-order valence-electron chi connectivity index (χ1n) is 6.24. The number of ether oxygens (including phenoxy) is 3. The van der Waals surface area contributed by atoms with Gasteiger partial charge < -0.3 is 19.5 Å². The molecule has 0 radical (unpaired) electrons. The fourth-order valence-corrected chi connectivity index (χ4v) is 2.51. The summed E-state index contributed by atoms with van der Waals surface area (Å²) in [6, 6.07) is 0.481. The highest BCUT2D eigenvalue weighted by atomic mass is 16.5. The third-order valence-corrected chi connectivity index (χ3v) is 3.90. The lowest BCUT2D eigenvalue weighted by molar-refractivity contribution is -0.0892. The van der Waals surface area contributed by atoms with Crippen LogP contribution in [0.1, 0.15) is 26.2 Å². The lowest BCUT2D eigenvalue weighted by atomic mass is 9.93. The molecule has 0 spiro atoms. The highest BCUT2D eigenvalue weighted by molar-refractivity contribution is 4.89. The van der Waals surface area contributed by atoms with Crippen molar-refractivity contribution in [2.24, 2.45) is 0 Å². The summed E-state index contributed by atoms with van der Waals surface area (Å²) >= 11 is 0. The van der Waals surface area contributed by atoms with E-state index in [2.05, 4.69) is 12.2 Å². The zero-order valence-corrected chi connectivity index (χ0v) is 10.3. The minimum absolute atomic E-state index is 0.0272. The fraction of sp³-hybridized carbons (Fsp3) is 1.00. The summed E-state index contributed by atoms with van der Waals surface area (Å²) in [7, 11) is 1.81. The molecular weight excluding hydrogens is 206 g/mol. The molecule has 0 aromatic heterocycles. The minimum atomic E-state index is -0.0272. The number of nitrogens with one attached hydrogen (secondary N) is 1. The zero-order valence-electron chi connectivity index (χ0n) is 10.3. The lowest BCUT2D eigenvalue weighted by Gasteiger charge is -2.37. The second-order valence-electron chi connectivity index (χ2n) is 4.85. The van der Waals surface area contributed by atoms with Crippen LogP contribution >= 0.6 is 0 Å². The molecule has 0 aromatic carbocycles. The highest BCUT2D eigenvalue weighted by Crippen LogP contribution is 2.24. The Morgan fingerprint density at radius 1 is 1.31 bits per heavy atom. The van der Waals surface area contributed by atoms with Crippen LogP contribution in [-0.2, 0) is 14.2 Å². The predicted molar refractivity (Wildman–Crippen MR) is 61.6 cm³/mol. The van der Waals surface area contributed by atoms with Gasteiger partial charge in [-0.05, 0) is 13.3 Å². The van der Waals surface area contributed by atoms with Crippen molar-refractivity contribution >= 4 is 0 Å². The molecule has 4 heteroatoms. The van der Waals surface area contributed by atoms with Gasteiger partial charge in [-0.3, -0.25) is 0 Å². The van der Waals surface area contributed by atoms with Crippen molar-refractivity contribution in [3.8, 4) is 0 Å². The minimum Gasteiger partial charge on any atom is -0.381 e. The fourth-order valence-electron chi connectivity index (χ4n) is 2.51. The van der Waals surface area contributed by atoms with E-state index in [0.717, 1.165) is 45.6 Å². The normalized spacial score (nSPS) is 34.1. The average molecular weight is 229 g/mol. The largest absolute Gasteiger partial charge is 0.381 e. The Hall–Kier alpha value is -0.160. The van der Waals surface area contributed by atoms with Gasteiger partial charge in [0.15, 0.2) is 0 Å². The van der Waals surface area contributed by atoms with E-state index in [1.54, 1.807) is 0 Å². The van der Waals surface area contributed by atoms with Crippen LogP contribution in [-0.4, -0.2) is 51.2 Å². The van der Waals surface area contributed by atoms with Crippen molar-refractivity contribution in [2.45, 2.75) is 43.9 Å². The number of hydrogen-bond donors (Lipinski definition) is 1. The van der Waals surface area contributed by atoms with Crippen molar-refractivity contribution in [2.75, 3.05) is 33.5 Å². The standard InChI is InChI=1S/C12H23NO3/c1-10-11(3-6-16-10)13-9-12(14-2)4-7-15-8-5-12/h10-11,13H,3-9H2,1-2H3. The van der Waals surface area contributed by atoms with Gasteiger partial charge in [-0.1, -0.05) is 0 Å². The Bertz CT molecular complexity index is 216. The maximum absolute atomic E-state index is 5.69. The van der Waals surface area contributed by atoms with Crippen molar-refractivity contribution in [1.29, 1.82) is 0 Å². The van der Waals surface area contributed by atoms with E-state index < -0.39 is 0 Å². The molecule has 1 N–H and O–H groups in total.